The van der Waals surface area contributed by atoms with Gasteiger partial charge in [-0.2, -0.15) is 0 Å². The standard InChI is InChI=1S/C16H24FNO2/c1-4-20-16(19-3)7-5-12(6-8-16)13-10-14(17)15(18)9-11(13)2/h9-10,12H,4-8,18H2,1-3H3. The van der Waals surface area contributed by atoms with Gasteiger partial charge in [0, 0.05) is 26.6 Å². The Morgan fingerprint density at radius 1 is 1.35 bits per heavy atom. The van der Waals surface area contributed by atoms with Crippen LogP contribution in [0.15, 0.2) is 12.1 Å². The largest absolute Gasteiger partial charge is 0.396 e. The summed E-state index contributed by atoms with van der Waals surface area (Å²) in [5, 5.41) is 0. The maximum absolute atomic E-state index is 13.7. The molecule has 0 radical (unpaired) electrons. The van der Waals surface area contributed by atoms with E-state index in [1.165, 1.54) is 0 Å². The van der Waals surface area contributed by atoms with Crippen molar-refractivity contribution in [3.63, 3.8) is 0 Å². The van der Waals surface area contributed by atoms with Crippen LogP contribution in [-0.4, -0.2) is 19.5 Å². The molecule has 0 unspecified atom stereocenters. The average molecular weight is 281 g/mol. The Hall–Kier alpha value is -1.13. The van der Waals surface area contributed by atoms with Crippen LogP contribution in [0.5, 0.6) is 0 Å². The van der Waals surface area contributed by atoms with Crippen LogP contribution < -0.4 is 5.73 Å². The summed E-state index contributed by atoms with van der Waals surface area (Å²) in [5.41, 5.74) is 7.97. The zero-order chi connectivity index (χ0) is 14.8. The number of hydrogen-bond acceptors (Lipinski definition) is 3. The molecule has 112 valence electrons. The van der Waals surface area contributed by atoms with E-state index in [0.717, 1.165) is 36.8 Å². The van der Waals surface area contributed by atoms with Crippen LogP contribution in [-0.2, 0) is 9.47 Å². The lowest BCUT2D eigenvalue weighted by Crippen LogP contribution is -2.38. The lowest BCUT2D eigenvalue weighted by Gasteiger charge is -2.39. The average Bonchev–Trinajstić information content (AvgIpc) is 2.44. The highest BCUT2D eigenvalue weighted by molar-refractivity contribution is 5.47. The predicted molar refractivity (Wildman–Crippen MR) is 78.1 cm³/mol. The number of aryl methyl sites for hydroxylation is 1. The maximum atomic E-state index is 13.7. The molecule has 0 aromatic heterocycles. The Morgan fingerprint density at radius 3 is 2.55 bits per heavy atom. The molecular formula is C16H24FNO2. The molecule has 1 aliphatic rings. The van der Waals surface area contributed by atoms with Crippen LogP contribution in [0.2, 0.25) is 0 Å². The van der Waals surface area contributed by atoms with E-state index in [9.17, 15) is 4.39 Å². The van der Waals surface area contributed by atoms with E-state index >= 15 is 0 Å². The normalized spacial score (nSPS) is 26.7. The number of benzene rings is 1. The molecule has 1 aliphatic carbocycles. The topological polar surface area (TPSA) is 44.5 Å². The highest BCUT2D eigenvalue weighted by atomic mass is 19.1. The minimum absolute atomic E-state index is 0.225. The Balaban J connectivity index is 2.13. The van der Waals surface area contributed by atoms with E-state index in [4.69, 9.17) is 15.2 Å². The third-order valence-electron chi connectivity index (χ3n) is 4.35. The van der Waals surface area contributed by atoms with Gasteiger partial charge in [-0.15, -0.1) is 0 Å². The van der Waals surface area contributed by atoms with Crippen molar-refractivity contribution < 1.29 is 13.9 Å². The second kappa shape index (κ2) is 6.10. The van der Waals surface area contributed by atoms with Crippen LogP contribution in [0.4, 0.5) is 10.1 Å². The van der Waals surface area contributed by atoms with Gasteiger partial charge in [-0.1, -0.05) is 0 Å². The van der Waals surface area contributed by atoms with Crippen LogP contribution in [0.25, 0.3) is 0 Å². The van der Waals surface area contributed by atoms with E-state index in [-0.39, 0.29) is 11.5 Å². The Morgan fingerprint density at radius 2 is 2.00 bits per heavy atom. The number of halogens is 1. The van der Waals surface area contributed by atoms with Crippen molar-refractivity contribution in [2.24, 2.45) is 0 Å². The number of hydrogen-bond donors (Lipinski definition) is 1. The van der Waals surface area contributed by atoms with Crippen LogP contribution in [0.3, 0.4) is 0 Å². The van der Waals surface area contributed by atoms with Crippen molar-refractivity contribution in [1.29, 1.82) is 0 Å². The number of nitrogens with two attached hydrogens (primary N) is 1. The number of rotatable bonds is 4. The van der Waals surface area contributed by atoms with E-state index < -0.39 is 5.79 Å². The molecule has 0 amide bonds. The fourth-order valence-electron chi connectivity index (χ4n) is 3.20. The molecule has 1 aromatic carbocycles. The third-order valence-corrected chi connectivity index (χ3v) is 4.35. The van der Waals surface area contributed by atoms with Gasteiger partial charge in [0.15, 0.2) is 5.79 Å². The van der Waals surface area contributed by atoms with E-state index in [2.05, 4.69) is 0 Å². The first kappa shape index (κ1) is 15.3. The van der Waals surface area contributed by atoms with Crippen molar-refractivity contribution in [3.05, 3.63) is 29.1 Å². The molecule has 0 bridgehead atoms. The first-order chi connectivity index (χ1) is 9.51. The Labute approximate surface area is 120 Å². The van der Waals surface area contributed by atoms with Crippen LogP contribution in [0.1, 0.15) is 49.7 Å². The lowest BCUT2D eigenvalue weighted by atomic mass is 9.79. The third kappa shape index (κ3) is 2.96. The Kier molecular flexibility index (Phi) is 4.66. The van der Waals surface area contributed by atoms with E-state index in [1.54, 1.807) is 19.2 Å². The molecule has 1 aromatic rings. The molecule has 0 heterocycles. The van der Waals surface area contributed by atoms with Gasteiger partial charge in [0.25, 0.3) is 0 Å². The highest BCUT2D eigenvalue weighted by Crippen LogP contribution is 2.41. The quantitative estimate of drug-likeness (QED) is 0.675. The summed E-state index contributed by atoms with van der Waals surface area (Å²) >= 11 is 0. The molecule has 2 rings (SSSR count). The molecule has 2 N–H and O–H groups in total. The van der Waals surface area contributed by atoms with Crippen molar-refractivity contribution in [1.82, 2.24) is 0 Å². The molecule has 3 nitrogen and oxygen atoms in total. The van der Waals surface area contributed by atoms with Gasteiger partial charge in [0.1, 0.15) is 5.82 Å². The van der Waals surface area contributed by atoms with Gasteiger partial charge in [0.2, 0.25) is 0 Å². The molecule has 0 spiro atoms. The summed E-state index contributed by atoms with van der Waals surface area (Å²) in [4.78, 5) is 0. The summed E-state index contributed by atoms with van der Waals surface area (Å²) in [7, 11) is 1.70. The molecule has 4 heteroatoms. The van der Waals surface area contributed by atoms with Crippen molar-refractivity contribution in [2.45, 2.75) is 51.2 Å². The van der Waals surface area contributed by atoms with Gasteiger partial charge < -0.3 is 15.2 Å². The van der Waals surface area contributed by atoms with Crippen molar-refractivity contribution >= 4 is 5.69 Å². The van der Waals surface area contributed by atoms with Crippen molar-refractivity contribution in [2.75, 3.05) is 19.5 Å². The monoisotopic (exact) mass is 281 g/mol. The number of ether oxygens (including phenoxy) is 2. The Bertz CT molecular complexity index is 468. The van der Waals surface area contributed by atoms with Crippen LogP contribution >= 0.6 is 0 Å². The second-order valence-corrected chi connectivity index (χ2v) is 5.55. The van der Waals surface area contributed by atoms with Gasteiger partial charge in [0.05, 0.1) is 5.69 Å². The fourth-order valence-corrected chi connectivity index (χ4v) is 3.20. The fraction of sp³-hybridized carbons (Fsp3) is 0.625. The van der Waals surface area contributed by atoms with Gasteiger partial charge in [-0.3, -0.25) is 0 Å². The van der Waals surface area contributed by atoms with Crippen LogP contribution in [0, 0.1) is 12.7 Å². The zero-order valence-corrected chi connectivity index (χ0v) is 12.5. The van der Waals surface area contributed by atoms with Crippen molar-refractivity contribution in [3.8, 4) is 0 Å². The summed E-state index contributed by atoms with van der Waals surface area (Å²) in [6, 6.07) is 3.32. The molecular weight excluding hydrogens is 257 g/mol. The lowest BCUT2D eigenvalue weighted by molar-refractivity contribution is -0.237. The van der Waals surface area contributed by atoms with E-state index in [0.29, 0.717) is 12.5 Å². The second-order valence-electron chi connectivity index (χ2n) is 5.55. The minimum atomic E-state index is -0.453. The molecule has 20 heavy (non-hydrogen) atoms. The van der Waals surface area contributed by atoms with Gasteiger partial charge in [-0.25, -0.2) is 4.39 Å². The number of nitrogen functional groups attached to an aromatic ring is 1. The number of anilines is 1. The SMILES string of the molecule is CCOC1(OC)CCC(c2cc(F)c(N)cc2C)CC1. The van der Waals surface area contributed by atoms with E-state index in [1.807, 2.05) is 13.8 Å². The van der Waals surface area contributed by atoms with Gasteiger partial charge >= 0.3 is 0 Å². The zero-order valence-electron chi connectivity index (χ0n) is 12.5. The maximum Gasteiger partial charge on any atom is 0.167 e. The molecule has 0 aliphatic heterocycles. The summed E-state index contributed by atoms with van der Waals surface area (Å²) < 4.78 is 25.0. The summed E-state index contributed by atoms with van der Waals surface area (Å²) in [5.74, 6) is -0.418. The predicted octanol–water partition coefficient (Wildman–Crippen LogP) is 3.75. The molecule has 1 saturated carbocycles. The molecule has 0 atom stereocenters. The van der Waals surface area contributed by atoms with Gasteiger partial charge in [-0.05, 0) is 55.9 Å². The first-order valence-corrected chi connectivity index (χ1v) is 7.26. The highest BCUT2D eigenvalue weighted by Gasteiger charge is 2.36. The smallest absolute Gasteiger partial charge is 0.167 e. The summed E-state index contributed by atoms with van der Waals surface area (Å²) in [6.45, 7) is 4.62. The summed E-state index contributed by atoms with van der Waals surface area (Å²) in [6.07, 6.45) is 3.57. The minimum Gasteiger partial charge on any atom is -0.396 e. The number of methoxy groups -OCH3 is 1. The molecule has 0 saturated heterocycles. The first-order valence-electron chi connectivity index (χ1n) is 7.26. The molecule has 1 fully saturated rings.